The van der Waals surface area contributed by atoms with Gasteiger partial charge < -0.3 is 10.1 Å². The number of nitrogens with one attached hydrogen (secondary N) is 1. The molecule has 0 aromatic heterocycles. The lowest BCUT2D eigenvalue weighted by molar-refractivity contribution is 0.242. The maximum atomic E-state index is 5.60. The molecule has 0 aliphatic carbocycles. The monoisotopic (exact) mass is 218 g/mol. The number of amidine groups is 1. The molecule has 0 spiro atoms. The van der Waals surface area contributed by atoms with E-state index < -0.39 is 0 Å². The number of ether oxygens (including phenoxy) is 1. The molecule has 86 valence electrons. The van der Waals surface area contributed by atoms with Gasteiger partial charge in [0, 0.05) is 18.7 Å². The van der Waals surface area contributed by atoms with Gasteiger partial charge in [-0.3, -0.25) is 4.99 Å². The van der Waals surface area contributed by atoms with Gasteiger partial charge in [0.05, 0.1) is 6.10 Å². The third kappa shape index (κ3) is 2.75. The number of aliphatic imine (C=N–C) groups is 1. The Hall–Kier alpha value is -1.51. The van der Waals surface area contributed by atoms with Crippen LogP contribution >= 0.6 is 0 Å². The van der Waals surface area contributed by atoms with Gasteiger partial charge in [0.1, 0.15) is 11.6 Å². The van der Waals surface area contributed by atoms with Crippen LogP contribution in [-0.4, -0.2) is 25.0 Å². The largest absolute Gasteiger partial charge is 0.491 e. The van der Waals surface area contributed by atoms with E-state index in [0.717, 1.165) is 36.7 Å². The molecule has 0 amide bonds. The van der Waals surface area contributed by atoms with E-state index in [1.54, 1.807) is 0 Å². The SMILES string of the molecule is CC(C)Oc1ccc(C2=NCCCN2)cc1. The minimum Gasteiger partial charge on any atom is -0.491 e. The molecule has 1 N–H and O–H groups in total. The van der Waals surface area contributed by atoms with E-state index in [4.69, 9.17) is 4.74 Å². The molecule has 0 fully saturated rings. The summed E-state index contributed by atoms with van der Waals surface area (Å²) >= 11 is 0. The summed E-state index contributed by atoms with van der Waals surface area (Å²) in [6.07, 6.45) is 1.34. The highest BCUT2D eigenvalue weighted by atomic mass is 16.5. The Kier molecular flexibility index (Phi) is 3.44. The van der Waals surface area contributed by atoms with Crippen molar-refractivity contribution in [2.75, 3.05) is 13.1 Å². The van der Waals surface area contributed by atoms with Crippen molar-refractivity contribution in [3.63, 3.8) is 0 Å². The zero-order valence-corrected chi connectivity index (χ0v) is 9.86. The summed E-state index contributed by atoms with van der Waals surface area (Å²) in [5.74, 6) is 1.91. The lowest BCUT2D eigenvalue weighted by Gasteiger charge is -2.15. The van der Waals surface area contributed by atoms with Crippen molar-refractivity contribution >= 4 is 5.84 Å². The van der Waals surface area contributed by atoms with E-state index in [1.807, 2.05) is 26.0 Å². The van der Waals surface area contributed by atoms with Crippen LogP contribution in [0.4, 0.5) is 0 Å². The Morgan fingerprint density at radius 3 is 2.56 bits per heavy atom. The molecule has 0 unspecified atom stereocenters. The van der Waals surface area contributed by atoms with Crippen LogP contribution in [0.5, 0.6) is 5.75 Å². The molecule has 1 aromatic rings. The first-order chi connectivity index (χ1) is 7.75. The molecular formula is C13H18N2O. The molecule has 2 rings (SSSR count). The molecule has 1 aliphatic rings. The number of nitrogens with zero attached hydrogens (tertiary/aromatic N) is 1. The summed E-state index contributed by atoms with van der Waals surface area (Å²) in [6, 6.07) is 8.09. The third-order valence-corrected chi connectivity index (χ3v) is 2.40. The highest BCUT2D eigenvalue weighted by Gasteiger charge is 2.06. The average molecular weight is 218 g/mol. The van der Waals surface area contributed by atoms with Gasteiger partial charge in [-0.15, -0.1) is 0 Å². The Labute approximate surface area is 96.5 Å². The second-order valence-electron chi connectivity index (χ2n) is 4.20. The number of rotatable bonds is 3. The van der Waals surface area contributed by atoms with E-state index in [9.17, 15) is 0 Å². The zero-order valence-electron chi connectivity index (χ0n) is 9.86. The second-order valence-corrected chi connectivity index (χ2v) is 4.20. The van der Waals surface area contributed by atoms with Crippen LogP contribution in [-0.2, 0) is 0 Å². The van der Waals surface area contributed by atoms with Gasteiger partial charge in [-0.05, 0) is 44.5 Å². The van der Waals surface area contributed by atoms with Gasteiger partial charge in [0.25, 0.3) is 0 Å². The topological polar surface area (TPSA) is 33.6 Å². The van der Waals surface area contributed by atoms with Crippen molar-refractivity contribution in [1.29, 1.82) is 0 Å². The molecule has 3 nitrogen and oxygen atoms in total. The summed E-state index contributed by atoms with van der Waals surface area (Å²) in [5, 5.41) is 3.30. The Balaban J connectivity index is 2.09. The normalized spacial score (nSPS) is 15.6. The maximum absolute atomic E-state index is 5.60. The molecule has 3 heteroatoms. The van der Waals surface area contributed by atoms with E-state index in [-0.39, 0.29) is 6.10 Å². The molecule has 0 saturated heterocycles. The molecule has 0 bridgehead atoms. The van der Waals surface area contributed by atoms with Crippen LogP contribution in [0.2, 0.25) is 0 Å². The Morgan fingerprint density at radius 1 is 1.25 bits per heavy atom. The van der Waals surface area contributed by atoms with Gasteiger partial charge in [-0.25, -0.2) is 0 Å². The van der Waals surface area contributed by atoms with Crippen molar-refractivity contribution < 1.29 is 4.74 Å². The fourth-order valence-corrected chi connectivity index (χ4v) is 1.69. The van der Waals surface area contributed by atoms with Crippen molar-refractivity contribution in [3.05, 3.63) is 29.8 Å². The molecule has 1 aliphatic heterocycles. The van der Waals surface area contributed by atoms with Crippen molar-refractivity contribution in [1.82, 2.24) is 5.32 Å². The van der Waals surface area contributed by atoms with Gasteiger partial charge in [0.15, 0.2) is 0 Å². The summed E-state index contributed by atoms with van der Waals surface area (Å²) in [7, 11) is 0. The van der Waals surface area contributed by atoms with Crippen LogP contribution < -0.4 is 10.1 Å². The first-order valence-corrected chi connectivity index (χ1v) is 5.81. The van der Waals surface area contributed by atoms with Crippen LogP contribution in [0.1, 0.15) is 25.8 Å². The lowest BCUT2D eigenvalue weighted by atomic mass is 10.1. The minimum atomic E-state index is 0.219. The smallest absolute Gasteiger partial charge is 0.128 e. The first-order valence-electron chi connectivity index (χ1n) is 5.81. The van der Waals surface area contributed by atoms with E-state index in [0.29, 0.717) is 0 Å². The predicted molar refractivity (Wildman–Crippen MR) is 66.2 cm³/mol. The quantitative estimate of drug-likeness (QED) is 0.844. The van der Waals surface area contributed by atoms with E-state index >= 15 is 0 Å². The van der Waals surface area contributed by atoms with Crippen LogP contribution in [0, 0.1) is 0 Å². The molecule has 0 saturated carbocycles. The standard InChI is InChI=1S/C13H18N2O/c1-10(2)16-12-6-4-11(5-7-12)13-14-8-3-9-15-13/h4-7,10H,3,8-9H2,1-2H3,(H,14,15). The van der Waals surface area contributed by atoms with Crippen LogP contribution in [0.3, 0.4) is 0 Å². The van der Waals surface area contributed by atoms with E-state index in [1.165, 1.54) is 0 Å². The van der Waals surface area contributed by atoms with Gasteiger partial charge in [-0.2, -0.15) is 0 Å². The number of benzene rings is 1. The highest BCUT2D eigenvalue weighted by Crippen LogP contribution is 2.14. The molecule has 0 radical (unpaired) electrons. The molecule has 1 heterocycles. The molecular weight excluding hydrogens is 200 g/mol. The molecule has 16 heavy (non-hydrogen) atoms. The fraction of sp³-hybridized carbons (Fsp3) is 0.462. The van der Waals surface area contributed by atoms with Crippen molar-refractivity contribution in [3.8, 4) is 5.75 Å². The van der Waals surface area contributed by atoms with Crippen molar-refractivity contribution in [2.45, 2.75) is 26.4 Å². The fourth-order valence-electron chi connectivity index (χ4n) is 1.69. The molecule has 1 aromatic carbocycles. The predicted octanol–water partition coefficient (Wildman–Crippen LogP) is 2.21. The van der Waals surface area contributed by atoms with Gasteiger partial charge >= 0.3 is 0 Å². The van der Waals surface area contributed by atoms with Crippen LogP contribution in [0.25, 0.3) is 0 Å². The summed E-state index contributed by atoms with van der Waals surface area (Å²) in [4.78, 5) is 4.46. The Morgan fingerprint density at radius 2 is 2.00 bits per heavy atom. The number of hydrogen-bond acceptors (Lipinski definition) is 3. The lowest BCUT2D eigenvalue weighted by Crippen LogP contribution is -2.30. The molecule has 0 atom stereocenters. The third-order valence-electron chi connectivity index (χ3n) is 2.40. The van der Waals surface area contributed by atoms with Crippen LogP contribution in [0.15, 0.2) is 29.3 Å². The van der Waals surface area contributed by atoms with Gasteiger partial charge in [-0.1, -0.05) is 0 Å². The number of hydrogen-bond donors (Lipinski definition) is 1. The maximum Gasteiger partial charge on any atom is 0.128 e. The first kappa shape index (κ1) is 11.0. The summed E-state index contributed by atoms with van der Waals surface area (Å²) < 4.78 is 5.60. The summed E-state index contributed by atoms with van der Waals surface area (Å²) in [6.45, 7) is 6.00. The van der Waals surface area contributed by atoms with Crippen molar-refractivity contribution in [2.24, 2.45) is 4.99 Å². The van der Waals surface area contributed by atoms with E-state index in [2.05, 4.69) is 22.4 Å². The highest BCUT2D eigenvalue weighted by molar-refractivity contribution is 5.99. The summed E-state index contributed by atoms with van der Waals surface area (Å²) in [5.41, 5.74) is 1.14. The van der Waals surface area contributed by atoms with Gasteiger partial charge in [0.2, 0.25) is 0 Å². The zero-order chi connectivity index (χ0) is 11.4. The Bertz CT molecular complexity index is 368. The second kappa shape index (κ2) is 5.01. The minimum absolute atomic E-state index is 0.219. The average Bonchev–Trinajstić information content (AvgIpc) is 2.30.